The van der Waals surface area contributed by atoms with Crippen LogP contribution >= 0.6 is 12.4 Å². The van der Waals surface area contributed by atoms with Crippen molar-refractivity contribution in [3.05, 3.63) is 71.8 Å². The van der Waals surface area contributed by atoms with Gasteiger partial charge in [0.25, 0.3) is 0 Å². The fourth-order valence-corrected chi connectivity index (χ4v) is 1.32. The molecule has 5 heteroatoms. The Labute approximate surface area is 116 Å². The summed E-state index contributed by atoms with van der Waals surface area (Å²) in [6.07, 6.45) is 0. The predicted molar refractivity (Wildman–Crippen MR) is 71.0 cm³/mol. The van der Waals surface area contributed by atoms with Gasteiger partial charge < -0.3 is 0 Å². The van der Waals surface area contributed by atoms with Crippen LogP contribution in [0.25, 0.3) is 0 Å². The zero-order chi connectivity index (χ0) is 12.8. The number of halogens is 1. The summed E-state index contributed by atoms with van der Waals surface area (Å²) in [4.78, 5) is 31.9. The van der Waals surface area contributed by atoms with Crippen molar-refractivity contribution in [1.82, 2.24) is 0 Å². The molecule has 0 radical (unpaired) electrons. The number of hydrogen-bond donors (Lipinski definition) is 0. The van der Waals surface area contributed by atoms with E-state index in [2.05, 4.69) is 9.78 Å². The summed E-state index contributed by atoms with van der Waals surface area (Å²) in [6.45, 7) is 0. The number of hydrogen-bond acceptors (Lipinski definition) is 4. The molecule has 0 heterocycles. The number of carbonyl (C=O) groups excluding carboxylic acids is 2. The molecule has 2 aromatic carbocycles. The van der Waals surface area contributed by atoms with Crippen LogP contribution in [0.5, 0.6) is 0 Å². The molecule has 2 aromatic rings. The SMILES string of the molecule is Cl.O=C(OOC(=O)c1ccccc1)c1ccccc1. The molecule has 0 unspecified atom stereocenters. The van der Waals surface area contributed by atoms with Gasteiger partial charge in [-0.2, -0.15) is 0 Å². The number of carbonyl (C=O) groups is 2. The summed E-state index contributed by atoms with van der Waals surface area (Å²) in [5.41, 5.74) is 0.636. The summed E-state index contributed by atoms with van der Waals surface area (Å²) < 4.78 is 0. The molecule has 0 atom stereocenters. The lowest BCUT2D eigenvalue weighted by molar-refractivity contribution is -0.187. The van der Waals surface area contributed by atoms with Crippen LogP contribution in [0.1, 0.15) is 20.7 Å². The smallest absolute Gasteiger partial charge is 0.242 e. The third-order valence-electron chi connectivity index (χ3n) is 2.21. The number of benzene rings is 2. The minimum atomic E-state index is -0.708. The molecule has 0 aliphatic heterocycles. The van der Waals surface area contributed by atoms with E-state index in [4.69, 9.17) is 0 Å². The van der Waals surface area contributed by atoms with Gasteiger partial charge in [0.1, 0.15) is 0 Å². The first-order chi connectivity index (χ1) is 8.77. The third-order valence-corrected chi connectivity index (χ3v) is 2.21. The van der Waals surface area contributed by atoms with Crippen LogP contribution in [-0.2, 0) is 9.78 Å². The van der Waals surface area contributed by atoms with Gasteiger partial charge in [-0.05, 0) is 24.3 Å². The lowest BCUT2D eigenvalue weighted by atomic mass is 10.2. The molecule has 0 amide bonds. The molecule has 0 bridgehead atoms. The van der Waals surface area contributed by atoms with Crippen LogP contribution < -0.4 is 0 Å². The Balaban J connectivity index is 0.00000180. The minimum Gasteiger partial charge on any atom is -0.242 e. The zero-order valence-electron chi connectivity index (χ0n) is 9.81. The summed E-state index contributed by atoms with van der Waals surface area (Å²) >= 11 is 0. The molecule has 2 rings (SSSR count). The molecule has 0 N–H and O–H groups in total. The molecule has 4 nitrogen and oxygen atoms in total. The van der Waals surface area contributed by atoms with Gasteiger partial charge in [0.05, 0.1) is 11.1 Å². The van der Waals surface area contributed by atoms with E-state index in [0.29, 0.717) is 11.1 Å². The summed E-state index contributed by atoms with van der Waals surface area (Å²) in [6, 6.07) is 16.6. The highest BCUT2D eigenvalue weighted by Crippen LogP contribution is 2.05. The molecular weight excluding hydrogens is 268 g/mol. The second-order valence-electron chi connectivity index (χ2n) is 3.47. The van der Waals surface area contributed by atoms with Gasteiger partial charge in [0.2, 0.25) is 0 Å². The van der Waals surface area contributed by atoms with Crippen molar-refractivity contribution in [3.63, 3.8) is 0 Å². The average molecular weight is 279 g/mol. The van der Waals surface area contributed by atoms with Crippen LogP contribution in [0.4, 0.5) is 0 Å². The van der Waals surface area contributed by atoms with E-state index in [-0.39, 0.29) is 12.4 Å². The largest absolute Gasteiger partial charge is 0.386 e. The average Bonchev–Trinajstić information content (AvgIpc) is 2.46. The van der Waals surface area contributed by atoms with Crippen molar-refractivity contribution < 1.29 is 19.4 Å². The third kappa shape index (κ3) is 4.12. The topological polar surface area (TPSA) is 52.6 Å². The summed E-state index contributed by atoms with van der Waals surface area (Å²) in [5.74, 6) is -1.42. The van der Waals surface area contributed by atoms with E-state index in [1.54, 1.807) is 60.7 Å². The van der Waals surface area contributed by atoms with E-state index in [9.17, 15) is 9.59 Å². The number of rotatable bonds is 2. The van der Waals surface area contributed by atoms with Crippen LogP contribution in [0.3, 0.4) is 0 Å². The van der Waals surface area contributed by atoms with Crippen molar-refractivity contribution in [2.75, 3.05) is 0 Å². The molecule has 0 fully saturated rings. The molecule has 19 heavy (non-hydrogen) atoms. The Morgan fingerprint density at radius 1 is 0.632 bits per heavy atom. The van der Waals surface area contributed by atoms with E-state index in [1.165, 1.54) is 0 Å². The van der Waals surface area contributed by atoms with Gasteiger partial charge in [-0.3, -0.25) is 0 Å². The van der Waals surface area contributed by atoms with E-state index >= 15 is 0 Å². The Hall–Kier alpha value is -2.33. The van der Waals surface area contributed by atoms with Crippen molar-refractivity contribution in [3.8, 4) is 0 Å². The molecular formula is C14H11ClO4. The monoisotopic (exact) mass is 278 g/mol. The lowest BCUT2D eigenvalue weighted by Gasteiger charge is -2.02. The van der Waals surface area contributed by atoms with Crippen LogP contribution in [0, 0.1) is 0 Å². The van der Waals surface area contributed by atoms with E-state index in [0.717, 1.165) is 0 Å². The van der Waals surface area contributed by atoms with E-state index in [1.807, 2.05) is 0 Å². The van der Waals surface area contributed by atoms with Gasteiger partial charge in [0, 0.05) is 0 Å². The lowest BCUT2D eigenvalue weighted by Crippen LogP contribution is -2.11. The van der Waals surface area contributed by atoms with Gasteiger partial charge in [0.15, 0.2) is 0 Å². The fraction of sp³-hybridized carbons (Fsp3) is 0. The minimum absolute atomic E-state index is 0. The second-order valence-corrected chi connectivity index (χ2v) is 3.47. The van der Waals surface area contributed by atoms with Crippen molar-refractivity contribution >= 4 is 24.3 Å². The highest BCUT2D eigenvalue weighted by Gasteiger charge is 2.12. The maximum Gasteiger partial charge on any atom is 0.386 e. The predicted octanol–water partition coefficient (Wildman–Crippen LogP) is 3.04. The van der Waals surface area contributed by atoms with Crippen LogP contribution in [-0.4, -0.2) is 11.9 Å². The highest BCUT2D eigenvalue weighted by atomic mass is 35.5. The van der Waals surface area contributed by atoms with Gasteiger partial charge in [-0.25, -0.2) is 19.4 Å². The summed E-state index contributed by atoms with van der Waals surface area (Å²) in [5, 5.41) is 0. The first-order valence-corrected chi connectivity index (χ1v) is 5.30. The summed E-state index contributed by atoms with van der Waals surface area (Å²) in [7, 11) is 0. The van der Waals surface area contributed by atoms with Gasteiger partial charge >= 0.3 is 11.9 Å². The maximum atomic E-state index is 11.5. The fourth-order valence-electron chi connectivity index (χ4n) is 1.32. The normalized spacial score (nSPS) is 9.05. The molecule has 0 aromatic heterocycles. The van der Waals surface area contributed by atoms with Crippen LogP contribution in [0.2, 0.25) is 0 Å². The highest BCUT2D eigenvalue weighted by molar-refractivity contribution is 5.92. The van der Waals surface area contributed by atoms with Gasteiger partial charge in [-0.1, -0.05) is 36.4 Å². The Morgan fingerprint density at radius 2 is 0.947 bits per heavy atom. The molecule has 98 valence electrons. The molecule has 0 aliphatic rings. The van der Waals surface area contributed by atoms with E-state index < -0.39 is 11.9 Å². The first kappa shape index (κ1) is 14.7. The maximum absolute atomic E-state index is 11.5. The Bertz CT molecular complexity index is 488. The zero-order valence-corrected chi connectivity index (χ0v) is 10.6. The van der Waals surface area contributed by atoms with Gasteiger partial charge in [-0.15, -0.1) is 12.4 Å². The first-order valence-electron chi connectivity index (χ1n) is 5.30. The quantitative estimate of drug-likeness (QED) is 0.626. The molecule has 0 spiro atoms. The Morgan fingerprint density at radius 3 is 1.26 bits per heavy atom. The Kier molecular flexibility index (Phi) is 5.57. The molecule has 0 saturated heterocycles. The molecule has 0 aliphatic carbocycles. The van der Waals surface area contributed by atoms with Crippen molar-refractivity contribution in [1.29, 1.82) is 0 Å². The van der Waals surface area contributed by atoms with Crippen molar-refractivity contribution in [2.45, 2.75) is 0 Å². The molecule has 0 saturated carbocycles. The van der Waals surface area contributed by atoms with Crippen molar-refractivity contribution in [2.24, 2.45) is 0 Å². The van der Waals surface area contributed by atoms with Crippen LogP contribution in [0.15, 0.2) is 60.7 Å². The second kappa shape index (κ2) is 7.18. The standard InChI is InChI=1S/C14H10O4.ClH/c15-13(11-7-3-1-4-8-11)17-18-14(16)12-9-5-2-6-10-12;/h1-10H;1H.